The molecule has 1 aromatic carbocycles. The van der Waals surface area contributed by atoms with E-state index in [0.717, 1.165) is 15.6 Å². The third-order valence-electron chi connectivity index (χ3n) is 3.58. The number of carbonyl (C=O) groups is 1. The number of esters is 1. The predicted octanol–water partition coefficient (Wildman–Crippen LogP) is 2.14. The molecule has 0 N–H and O–H groups in total. The molecule has 0 radical (unpaired) electrons. The van der Waals surface area contributed by atoms with Gasteiger partial charge in [-0.15, -0.1) is 0 Å². The summed E-state index contributed by atoms with van der Waals surface area (Å²) in [6.45, 7) is 5.65. The van der Waals surface area contributed by atoms with Gasteiger partial charge in [-0.25, -0.2) is 13.1 Å². The largest absolute Gasteiger partial charge is 0.465 e. The van der Waals surface area contributed by atoms with E-state index in [-0.39, 0.29) is 24.6 Å². The van der Waals surface area contributed by atoms with E-state index in [9.17, 15) is 13.2 Å². The van der Waals surface area contributed by atoms with E-state index in [0.29, 0.717) is 6.42 Å². The van der Waals surface area contributed by atoms with Crippen LogP contribution in [0.3, 0.4) is 0 Å². The number of nitrogens with zero attached hydrogens (tertiary/aromatic N) is 3. The Balaban J connectivity index is 2.27. The summed E-state index contributed by atoms with van der Waals surface area (Å²) in [5.74, 6) is -0.564. The Kier molecular flexibility index (Phi) is 6.33. The molecule has 0 spiro atoms. The predicted molar refractivity (Wildman–Crippen MR) is 94.0 cm³/mol. The first-order valence-corrected chi connectivity index (χ1v) is 9.60. The van der Waals surface area contributed by atoms with E-state index in [4.69, 9.17) is 4.74 Å². The van der Waals surface area contributed by atoms with Gasteiger partial charge in [0.1, 0.15) is 11.4 Å². The van der Waals surface area contributed by atoms with Crippen LogP contribution in [0, 0.1) is 6.92 Å². The highest BCUT2D eigenvalue weighted by atomic mass is 32.2. The van der Waals surface area contributed by atoms with Crippen LogP contribution in [0.4, 0.5) is 0 Å². The maximum Gasteiger partial charge on any atom is 0.321 e. The molecule has 7 nitrogen and oxygen atoms in total. The Labute approximate surface area is 148 Å². The number of benzene rings is 1. The van der Waals surface area contributed by atoms with Gasteiger partial charge in [0, 0.05) is 6.54 Å². The highest BCUT2D eigenvalue weighted by Gasteiger charge is 2.28. The second kappa shape index (κ2) is 8.26. The zero-order valence-corrected chi connectivity index (χ0v) is 15.5. The molecule has 0 aliphatic carbocycles. The molecule has 2 aromatic rings. The normalized spacial score (nSPS) is 11.7. The fourth-order valence-electron chi connectivity index (χ4n) is 2.31. The average molecular weight is 365 g/mol. The van der Waals surface area contributed by atoms with E-state index in [2.05, 4.69) is 5.10 Å². The van der Waals surface area contributed by atoms with Gasteiger partial charge >= 0.3 is 5.97 Å². The number of sulfonamides is 1. The van der Waals surface area contributed by atoms with Gasteiger partial charge in [0.25, 0.3) is 0 Å². The van der Waals surface area contributed by atoms with Crippen LogP contribution < -0.4 is 0 Å². The Morgan fingerprint density at radius 3 is 2.52 bits per heavy atom. The first-order valence-electron chi connectivity index (χ1n) is 8.16. The zero-order chi connectivity index (χ0) is 18.4. The minimum atomic E-state index is -3.82. The number of aryl methyl sites for hydroxylation is 1. The van der Waals surface area contributed by atoms with Crippen molar-refractivity contribution < 1.29 is 17.9 Å². The van der Waals surface area contributed by atoms with E-state index in [1.54, 1.807) is 6.92 Å². The van der Waals surface area contributed by atoms with Crippen molar-refractivity contribution in [2.75, 3.05) is 19.7 Å². The Morgan fingerprint density at radius 2 is 1.92 bits per heavy atom. The van der Waals surface area contributed by atoms with E-state index < -0.39 is 16.0 Å². The van der Waals surface area contributed by atoms with Gasteiger partial charge in [-0.1, -0.05) is 24.6 Å². The Morgan fingerprint density at radius 1 is 1.24 bits per heavy atom. The van der Waals surface area contributed by atoms with Crippen molar-refractivity contribution in [3.63, 3.8) is 0 Å². The molecule has 0 unspecified atom stereocenters. The molecule has 136 valence electrons. The molecule has 2 rings (SSSR count). The van der Waals surface area contributed by atoms with Gasteiger partial charge in [-0.2, -0.15) is 9.40 Å². The number of ether oxygens (including phenoxy) is 1. The lowest BCUT2D eigenvalue weighted by atomic mass is 10.2. The van der Waals surface area contributed by atoms with Crippen LogP contribution in [0.5, 0.6) is 0 Å². The third-order valence-corrected chi connectivity index (χ3v) is 5.38. The molecule has 0 saturated heterocycles. The van der Waals surface area contributed by atoms with Crippen LogP contribution in [0.2, 0.25) is 0 Å². The van der Waals surface area contributed by atoms with Crippen molar-refractivity contribution in [1.29, 1.82) is 0 Å². The minimum absolute atomic E-state index is 0.0471. The van der Waals surface area contributed by atoms with Crippen LogP contribution in [0.1, 0.15) is 25.8 Å². The molecule has 0 bridgehead atoms. The van der Waals surface area contributed by atoms with Crippen molar-refractivity contribution in [3.05, 3.63) is 42.2 Å². The van der Waals surface area contributed by atoms with E-state index in [1.807, 2.05) is 38.1 Å². The van der Waals surface area contributed by atoms with Crippen LogP contribution in [-0.4, -0.2) is 48.2 Å². The summed E-state index contributed by atoms with van der Waals surface area (Å²) >= 11 is 0. The average Bonchev–Trinajstić information content (AvgIpc) is 3.06. The molecule has 25 heavy (non-hydrogen) atoms. The van der Waals surface area contributed by atoms with Gasteiger partial charge in [0.05, 0.1) is 24.7 Å². The monoisotopic (exact) mass is 365 g/mol. The second-order valence-electron chi connectivity index (χ2n) is 5.60. The molecule has 0 fully saturated rings. The first kappa shape index (κ1) is 19.1. The van der Waals surface area contributed by atoms with Crippen molar-refractivity contribution >= 4 is 16.0 Å². The molecule has 0 saturated carbocycles. The molecule has 0 aliphatic heterocycles. The summed E-state index contributed by atoms with van der Waals surface area (Å²) in [5, 5.41) is 4.14. The summed E-state index contributed by atoms with van der Waals surface area (Å²) in [4.78, 5) is 11.8. The third kappa shape index (κ3) is 4.67. The quantitative estimate of drug-likeness (QED) is 0.670. The molecule has 1 aromatic heterocycles. The lowest BCUT2D eigenvalue weighted by Gasteiger charge is -2.19. The van der Waals surface area contributed by atoms with Crippen molar-refractivity contribution in [2.24, 2.45) is 0 Å². The van der Waals surface area contributed by atoms with Gasteiger partial charge in [0.15, 0.2) is 0 Å². The SMILES string of the molecule is CCCN(CC(=O)OCC)S(=O)(=O)c1cnn(-c2ccc(C)cc2)c1. The Hall–Kier alpha value is -2.19. The van der Waals surface area contributed by atoms with Crippen LogP contribution in [0.25, 0.3) is 5.69 Å². The summed E-state index contributed by atoms with van der Waals surface area (Å²) < 4.78 is 33.1. The first-order chi connectivity index (χ1) is 11.9. The van der Waals surface area contributed by atoms with Crippen molar-refractivity contribution in [3.8, 4) is 5.69 Å². The maximum absolute atomic E-state index is 12.8. The fraction of sp³-hybridized carbons (Fsp3) is 0.412. The highest BCUT2D eigenvalue weighted by Crippen LogP contribution is 2.18. The van der Waals surface area contributed by atoms with Gasteiger partial charge in [-0.3, -0.25) is 4.79 Å². The number of carbonyl (C=O) groups excluding carboxylic acids is 1. The smallest absolute Gasteiger partial charge is 0.321 e. The van der Waals surface area contributed by atoms with Crippen LogP contribution in [-0.2, 0) is 19.6 Å². The number of aromatic nitrogens is 2. The maximum atomic E-state index is 12.8. The number of hydrogen-bond acceptors (Lipinski definition) is 5. The molecule has 0 aliphatic rings. The molecular weight excluding hydrogens is 342 g/mol. The summed E-state index contributed by atoms with van der Waals surface area (Å²) in [7, 11) is -3.82. The number of rotatable bonds is 8. The van der Waals surface area contributed by atoms with Crippen LogP contribution >= 0.6 is 0 Å². The molecular formula is C17H23N3O4S. The Bertz CT molecular complexity index is 813. The summed E-state index contributed by atoms with van der Waals surface area (Å²) in [6.07, 6.45) is 3.33. The molecule has 0 amide bonds. The van der Waals surface area contributed by atoms with Gasteiger partial charge in [0.2, 0.25) is 10.0 Å². The van der Waals surface area contributed by atoms with E-state index in [1.165, 1.54) is 17.1 Å². The second-order valence-corrected chi connectivity index (χ2v) is 7.54. The summed E-state index contributed by atoms with van der Waals surface area (Å²) in [6, 6.07) is 7.58. The van der Waals surface area contributed by atoms with Gasteiger partial charge in [-0.05, 0) is 32.4 Å². The standard InChI is InChI=1S/C17H23N3O4S/c1-4-10-19(13-17(21)24-5-2)25(22,23)16-11-18-20(12-16)15-8-6-14(3)7-9-15/h6-9,11-12H,4-5,10,13H2,1-3H3. The zero-order valence-electron chi connectivity index (χ0n) is 14.7. The van der Waals surface area contributed by atoms with Crippen molar-refractivity contribution in [1.82, 2.24) is 14.1 Å². The summed E-state index contributed by atoms with van der Waals surface area (Å²) in [5.41, 5.74) is 1.87. The van der Waals surface area contributed by atoms with Gasteiger partial charge < -0.3 is 4.74 Å². The van der Waals surface area contributed by atoms with Crippen LogP contribution in [0.15, 0.2) is 41.6 Å². The van der Waals surface area contributed by atoms with E-state index >= 15 is 0 Å². The fourth-order valence-corrected chi connectivity index (χ4v) is 3.72. The lowest BCUT2D eigenvalue weighted by molar-refractivity contribution is -0.143. The topological polar surface area (TPSA) is 81.5 Å². The minimum Gasteiger partial charge on any atom is -0.465 e. The molecule has 8 heteroatoms. The lowest BCUT2D eigenvalue weighted by Crippen LogP contribution is -2.37. The molecule has 1 heterocycles. The highest BCUT2D eigenvalue weighted by molar-refractivity contribution is 7.89. The molecule has 0 atom stereocenters. The van der Waals surface area contributed by atoms with Crippen molar-refractivity contribution in [2.45, 2.75) is 32.1 Å². The number of hydrogen-bond donors (Lipinski definition) is 0.